The highest BCUT2D eigenvalue weighted by molar-refractivity contribution is 7.81. The third kappa shape index (κ3) is 9.87. The first-order valence-electron chi connectivity index (χ1n) is 12.9. The molecule has 1 aliphatic heterocycles. The molecule has 4 N–H and O–H groups in total. The van der Waals surface area contributed by atoms with Crippen molar-refractivity contribution in [3.05, 3.63) is 29.8 Å². The normalized spacial score (nSPS) is 17.2. The number of carbonyl (C=O) groups is 7. The van der Waals surface area contributed by atoms with Crippen LogP contribution in [0, 0.1) is 11.8 Å². The monoisotopic (exact) mass is 576 g/mol. The number of thiol groups is 1. The van der Waals surface area contributed by atoms with Gasteiger partial charge >= 0.3 is 0 Å². The van der Waals surface area contributed by atoms with E-state index in [0.29, 0.717) is 18.9 Å². The molecule has 0 bridgehead atoms. The summed E-state index contributed by atoms with van der Waals surface area (Å²) in [6.07, 6.45) is -1.06. The summed E-state index contributed by atoms with van der Waals surface area (Å²) in [5.41, 5.74) is 6.67. The maximum absolute atomic E-state index is 12.8. The molecule has 1 aliphatic rings. The number of ketones is 2. The Morgan fingerprint density at radius 2 is 1.70 bits per heavy atom. The summed E-state index contributed by atoms with van der Waals surface area (Å²) >= 11 is 4.01. The van der Waals surface area contributed by atoms with Gasteiger partial charge in [-0.05, 0) is 31.5 Å². The number of anilines is 1. The molecule has 2 rings (SSSR count). The highest BCUT2D eigenvalue weighted by Crippen LogP contribution is 2.19. The Kier molecular flexibility index (Phi) is 12.5. The minimum atomic E-state index is -1.06. The second kappa shape index (κ2) is 15.3. The van der Waals surface area contributed by atoms with Crippen molar-refractivity contribution in [2.75, 3.05) is 18.5 Å². The van der Waals surface area contributed by atoms with Crippen LogP contribution in [0.2, 0.25) is 0 Å². The Bertz CT molecular complexity index is 1140. The van der Waals surface area contributed by atoms with Gasteiger partial charge in [-0.15, -0.1) is 0 Å². The number of imide groups is 1. The van der Waals surface area contributed by atoms with E-state index in [9.17, 15) is 33.6 Å². The van der Waals surface area contributed by atoms with Crippen molar-refractivity contribution < 1.29 is 38.3 Å². The van der Waals surface area contributed by atoms with E-state index in [-0.39, 0.29) is 25.7 Å². The van der Waals surface area contributed by atoms with Crippen molar-refractivity contribution in [3.8, 4) is 0 Å². The first-order valence-corrected chi connectivity index (χ1v) is 13.5. The highest BCUT2D eigenvalue weighted by atomic mass is 32.1. The highest BCUT2D eigenvalue weighted by Gasteiger charge is 2.37. The quantitative estimate of drug-likeness (QED) is 0.164. The van der Waals surface area contributed by atoms with Gasteiger partial charge < -0.3 is 21.1 Å². The number of primary amides is 1. The molecule has 0 radical (unpaired) electrons. The number of hydrogen-bond acceptors (Lipinski definition) is 9. The van der Waals surface area contributed by atoms with E-state index in [4.69, 9.17) is 10.5 Å². The van der Waals surface area contributed by atoms with Crippen molar-refractivity contribution >= 4 is 59.4 Å². The molecule has 0 aliphatic carbocycles. The maximum Gasteiger partial charge on any atom is 0.242 e. The first-order chi connectivity index (χ1) is 18.8. The van der Waals surface area contributed by atoms with Gasteiger partial charge in [0.1, 0.15) is 0 Å². The van der Waals surface area contributed by atoms with Crippen LogP contribution in [-0.2, 0) is 44.9 Å². The SMILES string of the molecule is CCOCc1ccc(NC(=O)[C@H](CC(N)=O)CC(=O)[C@H](C)NC(=O)[C@H](C)CC(=O)CN2C(=O)CC(S)C2=O)cc1. The average molecular weight is 577 g/mol. The zero-order chi connectivity index (χ0) is 30.0. The van der Waals surface area contributed by atoms with E-state index in [1.807, 2.05) is 6.92 Å². The van der Waals surface area contributed by atoms with Crippen LogP contribution in [0.25, 0.3) is 0 Å². The Balaban J connectivity index is 1.91. The second-order valence-electron chi connectivity index (χ2n) is 9.77. The van der Waals surface area contributed by atoms with Gasteiger partial charge in [-0.3, -0.25) is 38.5 Å². The molecular formula is C27H36N4O8S. The summed E-state index contributed by atoms with van der Waals surface area (Å²) < 4.78 is 5.34. The van der Waals surface area contributed by atoms with Crippen LogP contribution in [0.15, 0.2) is 24.3 Å². The van der Waals surface area contributed by atoms with Gasteiger partial charge in [-0.1, -0.05) is 19.1 Å². The zero-order valence-corrected chi connectivity index (χ0v) is 23.7. The number of nitrogens with two attached hydrogens (primary N) is 1. The van der Waals surface area contributed by atoms with Gasteiger partial charge in [0.2, 0.25) is 29.5 Å². The van der Waals surface area contributed by atoms with Crippen LogP contribution in [-0.4, -0.2) is 70.4 Å². The van der Waals surface area contributed by atoms with Crippen LogP contribution < -0.4 is 16.4 Å². The average Bonchev–Trinajstić information content (AvgIpc) is 3.12. The topological polar surface area (TPSA) is 182 Å². The van der Waals surface area contributed by atoms with Gasteiger partial charge in [-0.25, -0.2) is 0 Å². The lowest BCUT2D eigenvalue weighted by atomic mass is 9.94. The Morgan fingerprint density at radius 3 is 2.25 bits per heavy atom. The van der Waals surface area contributed by atoms with E-state index < -0.39 is 70.8 Å². The second-order valence-corrected chi connectivity index (χ2v) is 10.4. The number of nitrogens with zero attached hydrogens (tertiary/aromatic N) is 1. The van der Waals surface area contributed by atoms with Crippen molar-refractivity contribution in [1.29, 1.82) is 0 Å². The fourth-order valence-electron chi connectivity index (χ4n) is 4.01. The number of ether oxygens (including phenoxy) is 1. The lowest BCUT2D eigenvalue weighted by Gasteiger charge is -2.20. The smallest absolute Gasteiger partial charge is 0.242 e. The lowest BCUT2D eigenvalue weighted by Crippen LogP contribution is -2.43. The molecule has 0 saturated carbocycles. The van der Waals surface area contributed by atoms with Gasteiger partial charge in [0.15, 0.2) is 11.6 Å². The molecule has 12 nitrogen and oxygen atoms in total. The molecule has 1 saturated heterocycles. The van der Waals surface area contributed by atoms with Gasteiger partial charge in [0, 0.05) is 43.9 Å². The third-order valence-electron chi connectivity index (χ3n) is 6.34. The van der Waals surface area contributed by atoms with Crippen molar-refractivity contribution in [2.45, 2.75) is 64.4 Å². The number of carbonyl (C=O) groups excluding carboxylic acids is 7. The number of nitrogens with one attached hydrogen (secondary N) is 2. The number of likely N-dealkylation sites (tertiary alicyclic amines) is 1. The summed E-state index contributed by atoms with van der Waals surface area (Å²) in [6, 6.07) is 5.89. The van der Waals surface area contributed by atoms with Crippen molar-refractivity contribution in [1.82, 2.24) is 10.2 Å². The molecule has 5 amide bonds. The van der Waals surface area contributed by atoms with Crippen molar-refractivity contribution in [3.63, 3.8) is 0 Å². The number of benzene rings is 1. The summed E-state index contributed by atoms with van der Waals surface area (Å²) in [5, 5.41) is 4.41. The molecule has 218 valence electrons. The zero-order valence-electron chi connectivity index (χ0n) is 22.8. The Labute approximate surface area is 238 Å². The minimum Gasteiger partial charge on any atom is -0.377 e. The number of hydrogen-bond donors (Lipinski definition) is 4. The van der Waals surface area contributed by atoms with Gasteiger partial charge in [0.05, 0.1) is 30.4 Å². The third-order valence-corrected chi connectivity index (χ3v) is 6.74. The Morgan fingerprint density at radius 1 is 1.05 bits per heavy atom. The van der Waals surface area contributed by atoms with E-state index in [2.05, 4.69) is 23.3 Å². The molecule has 0 spiro atoms. The number of amides is 5. The lowest BCUT2D eigenvalue weighted by molar-refractivity contribution is -0.142. The molecule has 13 heteroatoms. The van der Waals surface area contributed by atoms with E-state index in [1.165, 1.54) is 13.8 Å². The molecule has 1 unspecified atom stereocenters. The van der Waals surface area contributed by atoms with E-state index >= 15 is 0 Å². The largest absolute Gasteiger partial charge is 0.377 e. The first kappa shape index (κ1) is 32.6. The van der Waals surface area contributed by atoms with Crippen LogP contribution in [0.5, 0.6) is 0 Å². The van der Waals surface area contributed by atoms with E-state index in [1.54, 1.807) is 24.3 Å². The summed E-state index contributed by atoms with van der Waals surface area (Å²) in [4.78, 5) is 86.8. The fraction of sp³-hybridized carbons (Fsp3) is 0.519. The summed E-state index contributed by atoms with van der Waals surface area (Å²) in [6.45, 7) is 5.33. The van der Waals surface area contributed by atoms with Crippen molar-refractivity contribution in [2.24, 2.45) is 17.6 Å². The maximum atomic E-state index is 12.8. The molecule has 4 atom stereocenters. The molecular weight excluding hydrogens is 540 g/mol. The molecule has 0 aromatic heterocycles. The molecule has 1 aromatic rings. The number of Topliss-reactive ketones (excluding diaryl/α,β-unsaturated/α-hetero) is 2. The molecule has 1 aromatic carbocycles. The minimum absolute atomic E-state index is 0.0829. The van der Waals surface area contributed by atoms with Gasteiger partial charge in [0.25, 0.3) is 0 Å². The standard InChI is InChI=1S/C27H36N4O8S/c1-4-39-14-17-5-7-19(8-6-17)30-26(37)18(11-23(28)34)10-21(33)16(3)29-25(36)15(2)9-20(32)13-31-24(35)12-22(40)27(31)38/h5-8,15-16,18,22,40H,4,9-14H2,1-3H3,(H2,28,34)(H,29,36)(H,30,37)/t15-,16+,18+,22?/m1/s1. The predicted octanol–water partition coefficient (Wildman–Crippen LogP) is 0.770. The summed E-state index contributed by atoms with van der Waals surface area (Å²) in [7, 11) is 0. The van der Waals surface area contributed by atoms with Crippen LogP contribution in [0.3, 0.4) is 0 Å². The van der Waals surface area contributed by atoms with Crippen LogP contribution in [0.4, 0.5) is 5.69 Å². The summed E-state index contributed by atoms with van der Waals surface area (Å²) in [5.74, 6) is -5.88. The van der Waals surface area contributed by atoms with Gasteiger partial charge in [-0.2, -0.15) is 12.6 Å². The fourth-order valence-corrected chi connectivity index (χ4v) is 4.31. The molecule has 1 fully saturated rings. The molecule has 40 heavy (non-hydrogen) atoms. The number of rotatable bonds is 16. The van der Waals surface area contributed by atoms with Crippen LogP contribution >= 0.6 is 12.6 Å². The van der Waals surface area contributed by atoms with E-state index in [0.717, 1.165) is 10.5 Å². The predicted molar refractivity (Wildman–Crippen MR) is 148 cm³/mol. The van der Waals surface area contributed by atoms with Crippen LogP contribution in [0.1, 0.15) is 52.0 Å². The Hall–Kier alpha value is -3.58. The molecule has 1 heterocycles.